The highest BCUT2D eigenvalue weighted by Gasteiger charge is 2.22. The van der Waals surface area contributed by atoms with Crippen molar-refractivity contribution in [3.05, 3.63) is 12.2 Å². The summed E-state index contributed by atoms with van der Waals surface area (Å²) in [6, 6.07) is 0. The zero-order valence-electron chi connectivity index (χ0n) is 13.5. The van der Waals surface area contributed by atoms with Crippen molar-refractivity contribution in [1.29, 1.82) is 0 Å². The maximum absolute atomic E-state index is 10.2. The molecule has 19 heavy (non-hydrogen) atoms. The van der Waals surface area contributed by atoms with Crippen molar-refractivity contribution >= 4 is 0 Å². The molecule has 0 aliphatic heterocycles. The first-order valence-electron chi connectivity index (χ1n) is 7.23. The van der Waals surface area contributed by atoms with Crippen LogP contribution in [0.25, 0.3) is 0 Å². The lowest BCUT2D eigenvalue weighted by molar-refractivity contribution is -0.119. The van der Waals surface area contributed by atoms with E-state index in [-0.39, 0.29) is 12.4 Å². The molecule has 0 saturated heterocycles. The average molecular weight is 272 g/mol. The molecule has 0 aliphatic rings. The molecular formula is C16H32O3. The van der Waals surface area contributed by atoms with Crippen LogP contribution in [0.2, 0.25) is 0 Å². The Morgan fingerprint density at radius 1 is 1.05 bits per heavy atom. The molecule has 0 aromatic heterocycles. The number of ether oxygens (including phenoxy) is 2. The summed E-state index contributed by atoms with van der Waals surface area (Å²) >= 11 is 0. The van der Waals surface area contributed by atoms with Crippen molar-refractivity contribution in [2.75, 3.05) is 14.2 Å². The van der Waals surface area contributed by atoms with E-state index in [9.17, 15) is 5.11 Å². The molecular weight excluding hydrogens is 240 g/mol. The van der Waals surface area contributed by atoms with Crippen LogP contribution >= 0.6 is 0 Å². The molecule has 0 unspecified atom stereocenters. The van der Waals surface area contributed by atoms with Crippen LogP contribution < -0.4 is 0 Å². The van der Waals surface area contributed by atoms with E-state index >= 15 is 0 Å². The van der Waals surface area contributed by atoms with Gasteiger partial charge in [-0.25, -0.2) is 0 Å². The maximum Gasteiger partial charge on any atom is 0.157 e. The number of hydrogen-bond donors (Lipinski definition) is 1. The second-order valence-corrected chi connectivity index (χ2v) is 6.05. The number of hydrogen-bond acceptors (Lipinski definition) is 3. The van der Waals surface area contributed by atoms with Crippen molar-refractivity contribution in [3.8, 4) is 0 Å². The molecule has 3 heteroatoms. The Bertz CT molecular complexity index is 244. The fraction of sp³-hybridized carbons (Fsp3) is 0.875. The summed E-state index contributed by atoms with van der Waals surface area (Å²) in [4.78, 5) is 0. The quantitative estimate of drug-likeness (QED) is 0.487. The summed E-state index contributed by atoms with van der Waals surface area (Å²) in [7, 11) is 3.31. The van der Waals surface area contributed by atoms with Gasteiger partial charge in [0.05, 0.1) is 6.10 Å². The fourth-order valence-electron chi connectivity index (χ4n) is 2.15. The van der Waals surface area contributed by atoms with Crippen molar-refractivity contribution in [3.63, 3.8) is 0 Å². The molecule has 0 aromatic carbocycles. The molecule has 0 heterocycles. The van der Waals surface area contributed by atoms with E-state index in [4.69, 9.17) is 9.47 Å². The predicted octanol–water partition coefficient (Wildman–Crippen LogP) is 3.62. The maximum atomic E-state index is 10.2. The van der Waals surface area contributed by atoms with E-state index in [0.717, 1.165) is 18.4 Å². The number of aliphatic hydroxyl groups excluding tert-OH is 1. The van der Waals surface area contributed by atoms with Crippen LogP contribution in [0.15, 0.2) is 12.2 Å². The molecule has 0 fully saturated rings. The van der Waals surface area contributed by atoms with Gasteiger partial charge < -0.3 is 14.6 Å². The molecule has 0 amide bonds. The molecule has 0 saturated carbocycles. The summed E-state index contributed by atoms with van der Waals surface area (Å²) in [5.74, 6) is 1.31. The van der Waals surface area contributed by atoms with E-state index in [1.807, 2.05) is 0 Å². The Labute approximate surface area is 119 Å². The normalized spacial score (nSPS) is 15.3. The Morgan fingerprint density at radius 2 is 1.58 bits per heavy atom. The number of aliphatic hydroxyl groups is 1. The van der Waals surface area contributed by atoms with Gasteiger partial charge in [0.2, 0.25) is 0 Å². The molecule has 0 rings (SSSR count). The van der Waals surface area contributed by atoms with Gasteiger partial charge >= 0.3 is 0 Å². The summed E-state index contributed by atoms with van der Waals surface area (Å²) in [5.41, 5.74) is 1.12. The minimum Gasteiger partial charge on any atom is -0.393 e. The average Bonchev–Trinajstić information content (AvgIpc) is 2.33. The summed E-state index contributed by atoms with van der Waals surface area (Å²) < 4.78 is 10.5. The highest BCUT2D eigenvalue weighted by atomic mass is 16.7. The summed E-state index contributed by atoms with van der Waals surface area (Å²) in [5, 5.41) is 10.2. The van der Waals surface area contributed by atoms with Crippen LogP contribution in [-0.4, -0.2) is 31.7 Å². The highest BCUT2D eigenvalue weighted by molar-refractivity contribution is 4.99. The number of methoxy groups -OCH3 is 2. The smallest absolute Gasteiger partial charge is 0.157 e. The molecule has 0 aliphatic carbocycles. The first-order chi connectivity index (χ1) is 8.81. The molecule has 1 N–H and O–H groups in total. The van der Waals surface area contributed by atoms with Crippen LogP contribution in [0, 0.1) is 17.8 Å². The van der Waals surface area contributed by atoms with Crippen molar-refractivity contribution < 1.29 is 14.6 Å². The molecule has 0 radical (unpaired) electrons. The van der Waals surface area contributed by atoms with Crippen LogP contribution in [0.1, 0.15) is 47.0 Å². The second kappa shape index (κ2) is 9.51. The minimum atomic E-state index is -0.323. The van der Waals surface area contributed by atoms with E-state index in [0.29, 0.717) is 24.2 Å². The fourth-order valence-corrected chi connectivity index (χ4v) is 2.15. The van der Waals surface area contributed by atoms with Gasteiger partial charge in [0, 0.05) is 20.6 Å². The van der Waals surface area contributed by atoms with Gasteiger partial charge in [0.25, 0.3) is 0 Å². The zero-order chi connectivity index (χ0) is 15.0. The third kappa shape index (κ3) is 7.71. The lowest BCUT2D eigenvalue weighted by Gasteiger charge is -2.27. The minimum absolute atomic E-state index is 0.187. The van der Waals surface area contributed by atoms with Gasteiger partial charge in [-0.3, -0.25) is 0 Å². The number of rotatable bonds is 10. The Balaban J connectivity index is 4.37. The van der Waals surface area contributed by atoms with E-state index < -0.39 is 0 Å². The van der Waals surface area contributed by atoms with Gasteiger partial charge in [-0.1, -0.05) is 39.8 Å². The van der Waals surface area contributed by atoms with Crippen molar-refractivity contribution in [2.24, 2.45) is 17.8 Å². The standard InChI is InChI=1S/C16H32O3/c1-11(2)13(5)8-15(17)9-14(12(3)4)10-16(18-6)19-7/h11-12,14-17H,5,8-10H2,1-4,6-7H3/t14-,15+/m0/s1. The molecule has 114 valence electrons. The van der Waals surface area contributed by atoms with Gasteiger partial charge in [0.15, 0.2) is 6.29 Å². The van der Waals surface area contributed by atoms with Crippen LogP contribution in [0.5, 0.6) is 0 Å². The second-order valence-electron chi connectivity index (χ2n) is 6.05. The zero-order valence-corrected chi connectivity index (χ0v) is 13.5. The van der Waals surface area contributed by atoms with Crippen LogP contribution in [-0.2, 0) is 9.47 Å². The SMILES string of the molecule is C=C(C[C@@H](O)C[C@@H](CC(OC)OC)C(C)C)C(C)C. The van der Waals surface area contributed by atoms with E-state index in [2.05, 4.69) is 34.3 Å². The first kappa shape index (κ1) is 18.6. The van der Waals surface area contributed by atoms with Crippen LogP contribution in [0.3, 0.4) is 0 Å². The van der Waals surface area contributed by atoms with Gasteiger partial charge in [-0.2, -0.15) is 0 Å². The lowest BCUT2D eigenvalue weighted by atomic mass is 9.85. The molecule has 0 aromatic rings. The Kier molecular flexibility index (Phi) is 9.32. The van der Waals surface area contributed by atoms with Crippen molar-refractivity contribution in [1.82, 2.24) is 0 Å². The topological polar surface area (TPSA) is 38.7 Å². The molecule has 0 bridgehead atoms. The third-order valence-corrected chi connectivity index (χ3v) is 3.85. The molecule has 2 atom stereocenters. The summed E-state index contributed by atoms with van der Waals surface area (Å²) in [6.45, 7) is 12.6. The molecule has 3 nitrogen and oxygen atoms in total. The highest BCUT2D eigenvalue weighted by Crippen LogP contribution is 2.26. The largest absolute Gasteiger partial charge is 0.393 e. The van der Waals surface area contributed by atoms with Crippen LogP contribution in [0.4, 0.5) is 0 Å². The first-order valence-corrected chi connectivity index (χ1v) is 7.23. The Hall–Kier alpha value is -0.380. The third-order valence-electron chi connectivity index (χ3n) is 3.85. The van der Waals surface area contributed by atoms with E-state index in [1.165, 1.54) is 0 Å². The van der Waals surface area contributed by atoms with Gasteiger partial charge in [0.1, 0.15) is 0 Å². The summed E-state index contributed by atoms with van der Waals surface area (Å²) in [6.07, 6.45) is 1.76. The van der Waals surface area contributed by atoms with Gasteiger partial charge in [-0.05, 0) is 30.6 Å². The van der Waals surface area contributed by atoms with Gasteiger partial charge in [-0.15, -0.1) is 0 Å². The predicted molar refractivity (Wildman–Crippen MR) is 80.0 cm³/mol. The monoisotopic (exact) mass is 272 g/mol. The van der Waals surface area contributed by atoms with Crippen molar-refractivity contribution in [2.45, 2.75) is 59.4 Å². The Morgan fingerprint density at radius 3 is 1.95 bits per heavy atom. The van der Waals surface area contributed by atoms with E-state index in [1.54, 1.807) is 14.2 Å². The lowest BCUT2D eigenvalue weighted by Crippen LogP contribution is -2.25. The molecule has 0 spiro atoms.